The summed E-state index contributed by atoms with van der Waals surface area (Å²) in [6, 6.07) is 2.21. The van der Waals surface area contributed by atoms with Crippen LogP contribution in [0.25, 0.3) is 0 Å². The summed E-state index contributed by atoms with van der Waals surface area (Å²) >= 11 is 0. The zero-order valence-corrected chi connectivity index (χ0v) is 9.58. The molecule has 1 aliphatic rings. The zero-order valence-electron chi connectivity index (χ0n) is 9.58. The number of ether oxygens (including phenoxy) is 2. The number of rotatable bonds is 6. The van der Waals surface area contributed by atoms with Gasteiger partial charge < -0.3 is 9.47 Å². The van der Waals surface area contributed by atoms with Gasteiger partial charge in [0, 0.05) is 6.61 Å². The lowest BCUT2D eigenvalue weighted by atomic mass is 10.1. The Bertz CT molecular complexity index is 194. The van der Waals surface area contributed by atoms with Crippen LogP contribution < -0.4 is 0 Å². The first-order chi connectivity index (χ1) is 7.36. The lowest BCUT2D eigenvalue weighted by Crippen LogP contribution is -2.27. The Morgan fingerprint density at radius 2 is 2.33 bits per heavy atom. The smallest absolute Gasteiger partial charge is 0.159 e. The summed E-state index contributed by atoms with van der Waals surface area (Å²) in [5, 5.41) is 8.93. The van der Waals surface area contributed by atoms with Crippen LogP contribution in [-0.4, -0.2) is 19.0 Å². The second-order valence-electron chi connectivity index (χ2n) is 4.05. The van der Waals surface area contributed by atoms with Crippen LogP contribution >= 0.6 is 0 Å². The molecule has 1 saturated heterocycles. The van der Waals surface area contributed by atoms with Crippen LogP contribution in [0.2, 0.25) is 0 Å². The van der Waals surface area contributed by atoms with E-state index in [9.17, 15) is 0 Å². The molecule has 1 heterocycles. The standard InChI is InChI=1S/C12H21NO2/c1-2-3-4-7-11(10-13)15-12-8-5-6-9-14-12/h11-12H,2-9H2,1H3. The molecule has 2 unspecified atom stereocenters. The van der Waals surface area contributed by atoms with Crippen LogP contribution in [0, 0.1) is 11.3 Å². The van der Waals surface area contributed by atoms with Crippen LogP contribution in [0.4, 0.5) is 0 Å². The first-order valence-electron chi connectivity index (χ1n) is 6.03. The molecule has 1 aliphatic heterocycles. The third-order valence-electron chi connectivity index (χ3n) is 2.67. The molecule has 0 aromatic heterocycles. The topological polar surface area (TPSA) is 42.2 Å². The van der Waals surface area contributed by atoms with E-state index in [2.05, 4.69) is 13.0 Å². The predicted octanol–water partition coefficient (Wildman–Crippen LogP) is 3.00. The third-order valence-corrected chi connectivity index (χ3v) is 2.67. The maximum atomic E-state index is 8.93. The van der Waals surface area contributed by atoms with Crippen molar-refractivity contribution in [3.05, 3.63) is 0 Å². The quantitative estimate of drug-likeness (QED) is 0.634. The Kier molecular flexibility index (Phi) is 6.38. The molecule has 0 bridgehead atoms. The van der Waals surface area contributed by atoms with E-state index in [0.717, 1.165) is 38.7 Å². The minimum absolute atomic E-state index is 0.134. The van der Waals surface area contributed by atoms with E-state index in [-0.39, 0.29) is 12.4 Å². The fraction of sp³-hybridized carbons (Fsp3) is 0.917. The molecule has 0 spiro atoms. The third kappa shape index (κ3) is 5.15. The summed E-state index contributed by atoms with van der Waals surface area (Å²) in [5.74, 6) is 0. The van der Waals surface area contributed by atoms with Gasteiger partial charge in [0.25, 0.3) is 0 Å². The molecule has 3 nitrogen and oxygen atoms in total. The number of hydrogen-bond acceptors (Lipinski definition) is 3. The van der Waals surface area contributed by atoms with Gasteiger partial charge in [-0.15, -0.1) is 0 Å². The highest BCUT2D eigenvalue weighted by Crippen LogP contribution is 2.17. The van der Waals surface area contributed by atoms with Gasteiger partial charge in [-0.25, -0.2) is 0 Å². The first-order valence-corrected chi connectivity index (χ1v) is 6.03. The van der Waals surface area contributed by atoms with E-state index in [1.165, 1.54) is 12.8 Å². The van der Waals surface area contributed by atoms with Crippen LogP contribution in [0.15, 0.2) is 0 Å². The highest BCUT2D eigenvalue weighted by atomic mass is 16.7. The van der Waals surface area contributed by atoms with Gasteiger partial charge in [-0.1, -0.05) is 19.8 Å². The zero-order chi connectivity index (χ0) is 10.9. The van der Waals surface area contributed by atoms with Crippen molar-refractivity contribution in [1.82, 2.24) is 0 Å². The average Bonchev–Trinajstić information content (AvgIpc) is 2.29. The van der Waals surface area contributed by atoms with Crippen molar-refractivity contribution in [3.8, 4) is 6.07 Å². The Balaban J connectivity index is 2.17. The molecule has 0 radical (unpaired) electrons. The largest absolute Gasteiger partial charge is 0.353 e. The summed E-state index contributed by atoms with van der Waals surface area (Å²) in [7, 11) is 0. The Morgan fingerprint density at radius 1 is 1.47 bits per heavy atom. The van der Waals surface area contributed by atoms with Crippen LogP contribution in [0.1, 0.15) is 51.9 Å². The summed E-state index contributed by atoms with van der Waals surface area (Å²) in [5.41, 5.74) is 0. The lowest BCUT2D eigenvalue weighted by molar-refractivity contribution is -0.178. The molecule has 0 amide bonds. The average molecular weight is 211 g/mol. The van der Waals surface area contributed by atoms with Crippen molar-refractivity contribution in [2.75, 3.05) is 6.61 Å². The fourth-order valence-corrected chi connectivity index (χ4v) is 1.74. The van der Waals surface area contributed by atoms with E-state index in [1.807, 2.05) is 0 Å². The summed E-state index contributed by atoms with van der Waals surface area (Å²) in [6.45, 7) is 2.93. The molecule has 2 atom stereocenters. The van der Waals surface area contributed by atoms with E-state index in [4.69, 9.17) is 14.7 Å². The molecule has 1 rings (SSSR count). The molecule has 0 N–H and O–H groups in total. The molecule has 0 saturated carbocycles. The summed E-state index contributed by atoms with van der Waals surface area (Å²) in [6.07, 6.45) is 7.05. The SMILES string of the molecule is CCCCCC(C#N)OC1CCCCO1. The van der Waals surface area contributed by atoms with Gasteiger partial charge in [-0.3, -0.25) is 0 Å². The second-order valence-corrected chi connectivity index (χ2v) is 4.05. The van der Waals surface area contributed by atoms with Crippen molar-refractivity contribution < 1.29 is 9.47 Å². The lowest BCUT2D eigenvalue weighted by Gasteiger charge is -2.24. The predicted molar refractivity (Wildman–Crippen MR) is 58.2 cm³/mol. The van der Waals surface area contributed by atoms with Crippen molar-refractivity contribution in [3.63, 3.8) is 0 Å². The Hall–Kier alpha value is -0.590. The molecule has 15 heavy (non-hydrogen) atoms. The number of unbranched alkanes of at least 4 members (excludes halogenated alkanes) is 2. The number of nitrogens with zero attached hydrogens (tertiary/aromatic N) is 1. The van der Waals surface area contributed by atoms with Crippen LogP contribution in [0.3, 0.4) is 0 Å². The van der Waals surface area contributed by atoms with Crippen molar-refractivity contribution in [2.24, 2.45) is 0 Å². The highest BCUT2D eigenvalue weighted by Gasteiger charge is 2.18. The van der Waals surface area contributed by atoms with Crippen LogP contribution in [0.5, 0.6) is 0 Å². The maximum absolute atomic E-state index is 8.93. The number of nitriles is 1. The molecule has 0 aromatic rings. The molecular formula is C12H21NO2. The first kappa shape index (κ1) is 12.5. The minimum Gasteiger partial charge on any atom is -0.353 e. The van der Waals surface area contributed by atoms with Gasteiger partial charge in [-0.2, -0.15) is 5.26 Å². The summed E-state index contributed by atoms with van der Waals surface area (Å²) < 4.78 is 11.0. The molecule has 86 valence electrons. The van der Waals surface area contributed by atoms with E-state index < -0.39 is 0 Å². The van der Waals surface area contributed by atoms with Crippen LogP contribution in [-0.2, 0) is 9.47 Å². The van der Waals surface area contributed by atoms with Gasteiger partial charge in [0.2, 0.25) is 0 Å². The summed E-state index contributed by atoms with van der Waals surface area (Å²) in [4.78, 5) is 0. The fourth-order valence-electron chi connectivity index (χ4n) is 1.74. The monoisotopic (exact) mass is 211 g/mol. The second kappa shape index (κ2) is 7.67. The normalized spacial score (nSPS) is 23.3. The van der Waals surface area contributed by atoms with E-state index in [1.54, 1.807) is 0 Å². The Morgan fingerprint density at radius 3 is 2.93 bits per heavy atom. The van der Waals surface area contributed by atoms with Gasteiger partial charge >= 0.3 is 0 Å². The van der Waals surface area contributed by atoms with Crippen molar-refractivity contribution in [2.45, 2.75) is 64.3 Å². The molecule has 0 aromatic carbocycles. The van der Waals surface area contributed by atoms with Gasteiger partial charge in [-0.05, 0) is 32.1 Å². The number of hydrogen-bond donors (Lipinski definition) is 0. The molecular weight excluding hydrogens is 190 g/mol. The van der Waals surface area contributed by atoms with E-state index >= 15 is 0 Å². The van der Waals surface area contributed by atoms with Crippen molar-refractivity contribution in [1.29, 1.82) is 5.26 Å². The minimum atomic E-state index is -0.278. The molecule has 0 aliphatic carbocycles. The van der Waals surface area contributed by atoms with Gasteiger partial charge in [0.1, 0.15) is 6.10 Å². The molecule has 1 fully saturated rings. The maximum Gasteiger partial charge on any atom is 0.159 e. The van der Waals surface area contributed by atoms with Gasteiger partial charge in [0.15, 0.2) is 6.29 Å². The van der Waals surface area contributed by atoms with Gasteiger partial charge in [0.05, 0.1) is 6.07 Å². The molecule has 3 heteroatoms. The highest BCUT2D eigenvalue weighted by molar-refractivity contribution is 4.84. The van der Waals surface area contributed by atoms with Crippen molar-refractivity contribution >= 4 is 0 Å². The van der Waals surface area contributed by atoms with E-state index in [0.29, 0.717) is 0 Å². The Labute approximate surface area is 92.4 Å².